The first kappa shape index (κ1) is 22.4. The number of carbonyl (C=O) groups is 1. The Balaban J connectivity index is 1.33. The van der Waals surface area contributed by atoms with Crippen molar-refractivity contribution in [3.63, 3.8) is 0 Å². The summed E-state index contributed by atoms with van der Waals surface area (Å²) in [5.74, 6) is 0.517. The van der Waals surface area contributed by atoms with Gasteiger partial charge in [-0.15, -0.1) is 0 Å². The molecule has 0 atom stereocenters. The molecule has 0 aliphatic carbocycles. The molecule has 5 rings (SSSR count). The molecule has 0 spiro atoms. The van der Waals surface area contributed by atoms with Gasteiger partial charge in [0.25, 0.3) is 0 Å². The lowest BCUT2D eigenvalue weighted by atomic mass is 10.1. The Morgan fingerprint density at radius 2 is 1.97 bits per heavy atom. The summed E-state index contributed by atoms with van der Waals surface area (Å²) in [6.07, 6.45) is 5.86. The van der Waals surface area contributed by atoms with Gasteiger partial charge in [0.05, 0.1) is 30.0 Å². The highest BCUT2D eigenvalue weighted by Gasteiger charge is 2.17. The van der Waals surface area contributed by atoms with Crippen molar-refractivity contribution in [2.45, 2.75) is 16.3 Å². The summed E-state index contributed by atoms with van der Waals surface area (Å²) in [6, 6.07) is 19.2. The second-order valence-corrected chi connectivity index (χ2v) is 8.94. The van der Waals surface area contributed by atoms with Gasteiger partial charge in [0.15, 0.2) is 5.78 Å². The lowest BCUT2D eigenvalue weighted by Crippen LogP contribution is -2.03. The smallest absolute Gasteiger partial charge is 0.307 e. The van der Waals surface area contributed by atoms with Crippen molar-refractivity contribution in [1.29, 1.82) is 0 Å². The van der Waals surface area contributed by atoms with Crippen molar-refractivity contribution in [1.82, 2.24) is 9.78 Å². The molecule has 174 valence electrons. The van der Waals surface area contributed by atoms with E-state index in [4.69, 9.17) is 4.74 Å². The Morgan fingerprint density at radius 3 is 2.77 bits per heavy atom. The summed E-state index contributed by atoms with van der Waals surface area (Å²) in [7, 11) is 1.56. The van der Waals surface area contributed by atoms with E-state index in [1.165, 1.54) is 23.2 Å². The zero-order valence-corrected chi connectivity index (χ0v) is 19.5. The summed E-state index contributed by atoms with van der Waals surface area (Å²) < 4.78 is 6.90. The highest BCUT2D eigenvalue weighted by molar-refractivity contribution is 7.99. The fourth-order valence-electron chi connectivity index (χ4n) is 3.79. The van der Waals surface area contributed by atoms with E-state index in [-0.39, 0.29) is 11.5 Å². The van der Waals surface area contributed by atoms with Gasteiger partial charge in [0, 0.05) is 20.9 Å². The average Bonchev–Trinajstić information content (AvgIpc) is 3.34. The van der Waals surface area contributed by atoms with E-state index in [9.17, 15) is 14.9 Å². The van der Waals surface area contributed by atoms with E-state index in [1.54, 1.807) is 31.0 Å². The minimum Gasteiger partial charge on any atom is -0.496 e. The molecule has 0 bridgehead atoms. The molecule has 9 heteroatoms. The molecule has 4 aromatic rings. The maximum absolute atomic E-state index is 12.9. The molecule has 0 fully saturated rings. The largest absolute Gasteiger partial charge is 0.496 e. The van der Waals surface area contributed by atoms with Gasteiger partial charge in [0.2, 0.25) is 0 Å². The van der Waals surface area contributed by atoms with E-state index in [2.05, 4.69) is 16.5 Å². The summed E-state index contributed by atoms with van der Waals surface area (Å²) in [5, 5.41) is 18.4. The number of para-hydroxylation sites is 1. The van der Waals surface area contributed by atoms with Crippen molar-refractivity contribution < 1.29 is 14.5 Å². The van der Waals surface area contributed by atoms with Crippen molar-refractivity contribution in [2.75, 3.05) is 12.4 Å². The monoisotopic (exact) mass is 484 g/mol. The number of nitrogens with zero attached hydrogens (tertiary/aromatic N) is 3. The predicted octanol–water partition coefficient (Wildman–Crippen LogP) is 5.95. The summed E-state index contributed by atoms with van der Waals surface area (Å²) >= 11 is 1.67. The van der Waals surface area contributed by atoms with Crippen LogP contribution >= 0.6 is 11.8 Å². The van der Waals surface area contributed by atoms with Gasteiger partial charge >= 0.3 is 5.69 Å². The van der Waals surface area contributed by atoms with Crippen LogP contribution in [0.1, 0.15) is 21.5 Å². The van der Waals surface area contributed by atoms with E-state index in [1.807, 2.05) is 48.5 Å². The van der Waals surface area contributed by atoms with Crippen LogP contribution in [0.5, 0.6) is 5.75 Å². The second-order valence-electron chi connectivity index (χ2n) is 7.86. The second kappa shape index (κ2) is 9.47. The van der Waals surface area contributed by atoms with Crippen LogP contribution in [-0.4, -0.2) is 27.6 Å². The van der Waals surface area contributed by atoms with Gasteiger partial charge in [0.1, 0.15) is 18.1 Å². The maximum Gasteiger partial charge on any atom is 0.307 e. The van der Waals surface area contributed by atoms with Crippen molar-refractivity contribution in [3.05, 3.63) is 106 Å². The number of nitrogens with one attached hydrogen (secondary N) is 1. The number of allylic oxidation sites excluding steroid dienone is 1. The quantitative estimate of drug-likeness (QED) is 0.132. The zero-order chi connectivity index (χ0) is 24.4. The Morgan fingerprint density at radius 1 is 1.14 bits per heavy atom. The van der Waals surface area contributed by atoms with Crippen LogP contribution < -0.4 is 10.1 Å². The van der Waals surface area contributed by atoms with Gasteiger partial charge in [-0.3, -0.25) is 19.6 Å². The number of methoxy groups -OCH3 is 1. The molecular weight excluding hydrogens is 464 g/mol. The predicted molar refractivity (Wildman–Crippen MR) is 135 cm³/mol. The average molecular weight is 485 g/mol. The summed E-state index contributed by atoms with van der Waals surface area (Å²) in [5.41, 5.74) is 4.04. The molecule has 3 aromatic carbocycles. The molecule has 1 aliphatic rings. The molecule has 0 amide bonds. The van der Waals surface area contributed by atoms with Gasteiger partial charge in [-0.1, -0.05) is 36.0 Å². The fraction of sp³-hybridized carbons (Fsp3) is 0.0769. The van der Waals surface area contributed by atoms with Gasteiger partial charge in [-0.2, -0.15) is 5.10 Å². The number of carbonyl (C=O) groups excluding carboxylic acids is 1. The molecular formula is C26H20N4O4S. The number of hydrogen-bond donors (Lipinski definition) is 1. The Hall–Kier alpha value is -4.37. The van der Waals surface area contributed by atoms with Crippen LogP contribution in [-0.2, 0) is 6.54 Å². The lowest BCUT2D eigenvalue weighted by molar-refractivity contribution is -0.385. The lowest BCUT2D eigenvalue weighted by Gasteiger charge is -2.20. The van der Waals surface area contributed by atoms with Crippen LogP contribution in [0, 0.1) is 10.1 Å². The zero-order valence-electron chi connectivity index (χ0n) is 18.7. The van der Waals surface area contributed by atoms with E-state index < -0.39 is 4.92 Å². The Labute approximate surface area is 205 Å². The molecule has 1 aromatic heterocycles. The van der Waals surface area contributed by atoms with E-state index >= 15 is 0 Å². The fourth-order valence-corrected chi connectivity index (χ4v) is 4.76. The van der Waals surface area contributed by atoms with Crippen LogP contribution in [0.15, 0.2) is 88.9 Å². The van der Waals surface area contributed by atoms with E-state index in [0.717, 1.165) is 32.3 Å². The number of benzene rings is 3. The van der Waals surface area contributed by atoms with Crippen molar-refractivity contribution >= 4 is 40.7 Å². The molecule has 0 unspecified atom stereocenters. The van der Waals surface area contributed by atoms with Crippen LogP contribution in [0.4, 0.5) is 17.1 Å². The number of ether oxygens (including phenoxy) is 1. The van der Waals surface area contributed by atoms with Crippen molar-refractivity contribution in [2.24, 2.45) is 0 Å². The standard InChI is InChI=1S/C26H20N4O4S/c1-34-24-10-7-17(12-19(24)15-29-16-20(14-27-29)30(32)33)6-9-23(31)18-8-11-26-22(13-18)28-21-4-2-3-5-25(21)35-26/h2-14,16,28H,15H2,1H3/b9-6+. The number of aromatic nitrogens is 2. The molecule has 2 heterocycles. The maximum atomic E-state index is 12.9. The third-order valence-corrected chi connectivity index (χ3v) is 6.69. The minimum absolute atomic E-state index is 0.0768. The molecule has 8 nitrogen and oxygen atoms in total. The number of fused-ring (bicyclic) bond motifs is 2. The highest BCUT2D eigenvalue weighted by Crippen LogP contribution is 2.44. The molecule has 1 N–H and O–H groups in total. The Bertz CT molecular complexity index is 1480. The van der Waals surface area contributed by atoms with Crippen LogP contribution in [0.2, 0.25) is 0 Å². The van der Waals surface area contributed by atoms with Gasteiger partial charge in [-0.25, -0.2) is 0 Å². The minimum atomic E-state index is -0.487. The molecule has 1 aliphatic heterocycles. The number of anilines is 2. The number of nitro groups is 1. The van der Waals surface area contributed by atoms with Gasteiger partial charge in [-0.05, 0) is 54.1 Å². The molecule has 0 radical (unpaired) electrons. The summed E-state index contributed by atoms with van der Waals surface area (Å²) in [4.78, 5) is 25.6. The highest BCUT2D eigenvalue weighted by atomic mass is 32.2. The number of hydrogen-bond acceptors (Lipinski definition) is 7. The topological polar surface area (TPSA) is 99.3 Å². The number of ketones is 1. The normalized spacial score (nSPS) is 12.0. The van der Waals surface area contributed by atoms with Crippen LogP contribution in [0.3, 0.4) is 0 Å². The molecule has 0 saturated carbocycles. The Kier molecular flexibility index (Phi) is 6.07. The summed E-state index contributed by atoms with van der Waals surface area (Å²) in [6.45, 7) is 0.294. The van der Waals surface area contributed by atoms with Crippen LogP contribution in [0.25, 0.3) is 6.08 Å². The first-order chi connectivity index (χ1) is 17.0. The third-order valence-electron chi connectivity index (χ3n) is 5.53. The number of rotatable bonds is 7. The van der Waals surface area contributed by atoms with Gasteiger partial charge < -0.3 is 10.1 Å². The van der Waals surface area contributed by atoms with E-state index in [0.29, 0.717) is 17.9 Å². The first-order valence-electron chi connectivity index (χ1n) is 10.7. The first-order valence-corrected chi connectivity index (χ1v) is 11.6. The third kappa shape index (κ3) is 4.80. The molecule has 0 saturated heterocycles. The SMILES string of the molecule is COc1ccc(/C=C/C(=O)c2ccc3c(c2)Nc2ccccc2S3)cc1Cn1cc([N+](=O)[O-])cn1. The molecule has 35 heavy (non-hydrogen) atoms. The van der Waals surface area contributed by atoms with Crippen molar-refractivity contribution in [3.8, 4) is 5.75 Å².